The second-order valence-corrected chi connectivity index (χ2v) is 7.66. The van der Waals surface area contributed by atoms with Gasteiger partial charge in [-0.2, -0.15) is 0 Å². The molecule has 2 fully saturated rings. The predicted octanol–water partition coefficient (Wildman–Crippen LogP) is 2.95. The zero-order valence-electron chi connectivity index (χ0n) is 14.2. The molecule has 3 amide bonds. The van der Waals surface area contributed by atoms with E-state index in [1.54, 1.807) is 12.1 Å². The van der Waals surface area contributed by atoms with Crippen molar-refractivity contribution in [3.8, 4) is 5.75 Å². The number of halogens is 2. The lowest BCUT2D eigenvalue weighted by atomic mass is 9.89. The number of hydrogen-bond donors (Lipinski definition) is 2. The van der Waals surface area contributed by atoms with Gasteiger partial charge >= 0.3 is 6.03 Å². The Balaban J connectivity index is 1.75. The van der Waals surface area contributed by atoms with Gasteiger partial charge in [0.15, 0.2) is 0 Å². The molecular weight excluding hydrogens is 365 g/mol. The summed E-state index contributed by atoms with van der Waals surface area (Å²) >= 11 is 12.7. The Morgan fingerprint density at radius 3 is 2.68 bits per heavy atom. The first kappa shape index (κ1) is 18.3. The molecule has 2 saturated heterocycles. The number of hydrogen-bond acceptors (Lipinski definition) is 4. The predicted molar refractivity (Wildman–Crippen MR) is 96.1 cm³/mol. The maximum absolute atomic E-state index is 12.1. The van der Waals surface area contributed by atoms with E-state index in [2.05, 4.69) is 15.5 Å². The van der Waals surface area contributed by atoms with Crippen LogP contribution in [0.5, 0.6) is 5.75 Å². The molecule has 25 heavy (non-hydrogen) atoms. The minimum atomic E-state index is -0.841. The van der Waals surface area contributed by atoms with Crippen LogP contribution in [-0.2, 0) is 11.3 Å². The van der Waals surface area contributed by atoms with Gasteiger partial charge in [0, 0.05) is 24.2 Å². The molecule has 136 valence electrons. The molecule has 1 atom stereocenters. The first-order valence-electron chi connectivity index (χ1n) is 8.29. The zero-order chi connectivity index (χ0) is 18.2. The number of amides is 3. The van der Waals surface area contributed by atoms with E-state index in [-0.39, 0.29) is 12.0 Å². The first-order chi connectivity index (χ1) is 11.8. The number of nitrogens with one attached hydrogen (secondary N) is 2. The van der Waals surface area contributed by atoms with E-state index in [1.807, 2.05) is 13.8 Å². The number of piperidine rings is 1. The van der Waals surface area contributed by atoms with Crippen molar-refractivity contribution in [3.63, 3.8) is 0 Å². The summed E-state index contributed by atoms with van der Waals surface area (Å²) in [5, 5.41) is 6.17. The number of ether oxygens (including phenoxy) is 1. The van der Waals surface area contributed by atoms with Crippen molar-refractivity contribution in [2.75, 3.05) is 13.1 Å². The quantitative estimate of drug-likeness (QED) is 0.781. The fraction of sp³-hybridized carbons (Fsp3) is 0.529. The third-order valence-electron chi connectivity index (χ3n) is 4.44. The highest BCUT2D eigenvalue weighted by atomic mass is 35.5. The molecule has 0 bridgehead atoms. The standard InChI is InChI=1S/C17H21Cl2N3O3/c1-10(2)25-14-7-12(18)11(6-13(14)19)8-22-5-3-4-17(9-22)15(23)20-16(24)21-17/h6-7,10H,3-5,8-9H2,1-2H3,(H2,20,21,23,24). The number of urea groups is 1. The van der Waals surface area contributed by atoms with Gasteiger partial charge in [-0.05, 0) is 44.9 Å². The minimum Gasteiger partial charge on any atom is -0.489 e. The van der Waals surface area contributed by atoms with E-state index in [0.29, 0.717) is 35.3 Å². The molecule has 2 N–H and O–H groups in total. The van der Waals surface area contributed by atoms with Gasteiger partial charge in [-0.1, -0.05) is 23.2 Å². The summed E-state index contributed by atoms with van der Waals surface area (Å²) in [6, 6.07) is 3.10. The molecule has 6 nitrogen and oxygen atoms in total. The van der Waals surface area contributed by atoms with Gasteiger partial charge < -0.3 is 10.1 Å². The number of carbonyl (C=O) groups is 2. The van der Waals surface area contributed by atoms with E-state index < -0.39 is 11.6 Å². The summed E-state index contributed by atoms with van der Waals surface area (Å²) in [6.07, 6.45) is 1.45. The van der Waals surface area contributed by atoms with Crippen molar-refractivity contribution in [3.05, 3.63) is 27.7 Å². The van der Waals surface area contributed by atoms with Gasteiger partial charge in [-0.15, -0.1) is 0 Å². The van der Waals surface area contributed by atoms with Crippen LogP contribution in [0.25, 0.3) is 0 Å². The SMILES string of the molecule is CC(C)Oc1cc(Cl)c(CN2CCCC3(C2)NC(=O)NC3=O)cc1Cl. The van der Waals surface area contributed by atoms with E-state index in [4.69, 9.17) is 27.9 Å². The third-order valence-corrected chi connectivity index (χ3v) is 5.09. The average Bonchev–Trinajstić information content (AvgIpc) is 2.77. The Labute approximate surface area is 156 Å². The van der Waals surface area contributed by atoms with Crippen molar-refractivity contribution in [1.82, 2.24) is 15.5 Å². The Hall–Kier alpha value is -1.50. The van der Waals surface area contributed by atoms with Crippen LogP contribution < -0.4 is 15.4 Å². The molecule has 2 heterocycles. The summed E-state index contributed by atoms with van der Waals surface area (Å²) < 4.78 is 5.64. The van der Waals surface area contributed by atoms with Gasteiger partial charge in [0.05, 0.1) is 11.1 Å². The van der Waals surface area contributed by atoms with Crippen LogP contribution in [0, 0.1) is 0 Å². The number of benzene rings is 1. The van der Waals surface area contributed by atoms with Crippen molar-refractivity contribution in [2.24, 2.45) is 0 Å². The molecule has 3 rings (SSSR count). The largest absolute Gasteiger partial charge is 0.489 e. The zero-order valence-corrected chi connectivity index (χ0v) is 15.7. The Kier molecular flexibility index (Phi) is 5.14. The van der Waals surface area contributed by atoms with Crippen molar-refractivity contribution < 1.29 is 14.3 Å². The summed E-state index contributed by atoms with van der Waals surface area (Å²) in [4.78, 5) is 25.8. The smallest absolute Gasteiger partial charge is 0.322 e. The normalized spacial score (nSPS) is 23.9. The number of likely N-dealkylation sites (tertiary alicyclic amines) is 1. The molecule has 8 heteroatoms. The highest BCUT2D eigenvalue weighted by Crippen LogP contribution is 2.33. The van der Waals surface area contributed by atoms with Crippen LogP contribution >= 0.6 is 23.2 Å². The molecule has 0 saturated carbocycles. The summed E-state index contributed by atoms with van der Waals surface area (Å²) in [5.41, 5.74) is 0.0244. The van der Waals surface area contributed by atoms with Gasteiger partial charge in [0.1, 0.15) is 11.3 Å². The van der Waals surface area contributed by atoms with Crippen LogP contribution in [0.15, 0.2) is 12.1 Å². The van der Waals surface area contributed by atoms with Gasteiger partial charge in [-0.25, -0.2) is 4.79 Å². The molecule has 1 spiro atoms. The summed E-state index contributed by atoms with van der Waals surface area (Å²) in [7, 11) is 0. The van der Waals surface area contributed by atoms with E-state index in [9.17, 15) is 9.59 Å². The molecule has 2 aliphatic heterocycles. The first-order valence-corrected chi connectivity index (χ1v) is 9.05. The molecule has 0 aromatic heterocycles. The number of rotatable bonds is 4. The molecule has 1 aromatic carbocycles. The number of carbonyl (C=O) groups excluding carboxylic acids is 2. The maximum atomic E-state index is 12.1. The lowest BCUT2D eigenvalue weighted by molar-refractivity contribution is -0.126. The van der Waals surface area contributed by atoms with Crippen LogP contribution in [0.4, 0.5) is 4.79 Å². The fourth-order valence-electron chi connectivity index (χ4n) is 3.37. The Morgan fingerprint density at radius 2 is 2.04 bits per heavy atom. The summed E-state index contributed by atoms with van der Waals surface area (Å²) in [5.74, 6) is 0.301. The van der Waals surface area contributed by atoms with Crippen molar-refractivity contribution >= 4 is 35.1 Å². The van der Waals surface area contributed by atoms with E-state index in [1.165, 1.54) is 0 Å². The summed E-state index contributed by atoms with van der Waals surface area (Å²) in [6.45, 7) is 5.66. The number of nitrogens with zero attached hydrogens (tertiary/aromatic N) is 1. The molecule has 0 radical (unpaired) electrons. The lowest BCUT2D eigenvalue weighted by Gasteiger charge is -2.38. The van der Waals surface area contributed by atoms with Crippen LogP contribution in [0.2, 0.25) is 10.0 Å². The topological polar surface area (TPSA) is 70.7 Å². The Bertz CT molecular complexity index is 711. The molecular formula is C17H21Cl2N3O3. The average molecular weight is 386 g/mol. The fourth-order valence-corrected chi connectivity index (χ4v) is 3.82. The van der Waals surface area contributed by atoms with Crippen LogP contribution in [0.1, 0.15) is 32.3 Å². The second-order valence-electron chi connectivity index (χ2n) is 6.85. The van der Waals surface area contributed by atoms with Crippen LogP contribution in [0.3, 0.4) is 0 Å². The van der Waals surface area contributed by atoms with Gasteiger partial charge in [-0.3, -0.25) is 15.0 Å². The van der Waals surface area contributed by atoms with Crippen molar-refractivity contribution in [2.45, 2.75) is 44.9 Å². The van der Waals surface area contributed by atoms with E-state index in [0.717, 1.165) is 18.5 Å². The monoisotopic (exact) mass is 385 g/mol. The Morgan fingerprint density at radius 1 is 1.28 bits per heavy atom. The van der Waals surface area contributed by atoms with Crippen molar-refractivity contribution in [1.29, 1.82) is 0 Å². The van der Waals surface area contributed by atoms with Gasteiger partial charge in [0.2, 0.25) is 0 Å². The molecule has 2 aliphatic rings. The van der Waals surface area contributed by atoms with E-state index >= 15 is 0 Å². The van der Waals surface area contributed by atoms with Gasteiger partial charge in [0.25, 0.3) is 5.91 Å². The molecule has 0 aliphatic carbocycles. The third kappa shape index (κ3) is 3.86. The lowest BCUT2D eigenvalue weighted by Crippen LogP contribution is -2.58. The minimum absolute atomic E-state index is 0.00543. The van der Waals surface area contributed by atoms with Crippen LogP contribution in [-0.4, -0.2) is 41.6 Å². The maximum Gasteiger partial charge on any atom is 0.322 e. The highest BCUT2D eigenvalue weighted by molar-refractivity contribution is 6.34. The molecule has 1 aromatic rings. The second kappa shape index (κ2) is 7.02. The number of imide groups is 1. The molecule has 1 unspecified atom stereocenters. The highest BCUT2D eigenvalue weighted by Gasteiger charge is 2.48.